The maximum atomic E-state index is 12.9. The Bertz CT molecular complexity index is 523. The van der Waals surface area contributed by atoms with Gasteiger partial charge in [-0.3, -0.25) is 4.72 Å². The van der Waals surface area contributed by atoms with Gasteiger partial charge in [-0.05, 0) is 66.5 Å². The normalized spacial score (nSPS) is 11.6. The van der Waals surface area contributed by atoms with E-state index in [1.165, 1.54) is 18.2 Å². The van der Waals surface area contributed by atoms with Crippen LogP contribution in [-0.2, 0) is 10.0 Å². The SMILES string of the molecule is CCCNCCCCS(=O)(=O)Nc1ccc(F)cc1Br. The number of benzene rings is 1. The fourth-order valence-electron chi connectivity index (χ4n) is 1.63. The number of hydrogen-bond donors (Lipinski definition) is 2. The fraction of sp³-hybridized carbons (Fsp3) is 0.538. The highest BCUT2D eigenvalue weighted by Gasteiger charge is 2.12. The van der Waals surface area contributed by atoms with Crippen LogP contribution in [0, 0.1) is 5.82 Å². The molecule has 0 saturated carbocycles. The van der Waals surface area contributed by atoms with Crippen molar-refractivity contribution in [1.82, 2.24) is 5.32 Å². The molecule has 0 aliphatic rings. The molecule has 1 rings (SSSR count). The summed E-state index contributed by atoms with van der Waals surface area (Å²) in [4.78, 5) is 0. The van der Waals surface area contributed by atoms with Gasteiger partial charge in [0.1, 0.15) is 5.82 Å². The number of rotatable bonds is 9. The quantitative estimate of drug-likeness (QED) is 0.660. The molecule has 0 aliphatic heterocycles. The van der Waals surface area contributed by atoms with Crippen molar-refractivity contribution < 1.29 is 12.8 Å². The van der Waals surface area contributed by atoms with Gasteiger partial charge in [-0.1, -0.05) is 6.92 Å². The van der Waals surface area contributed by atoms with Crippen LogP contribution in [0.15, 0.2) is 22.7 Å². The van der Waals surface area contributed by atoms with E-state index in [9.17, 15) is 12.8 Å². The fourth-order valence-corrected chi connectivity index (χ4v) is 3.42. The molecular formula is C13H20BrFN2O2S. The third-order valence-electron chi connectivity index (χ3n) is 2.64. The largest absolute Gasteiger partial charge is 0.317 e. The van der Waals surface area contributed by atoms with E-state index < -0.39 is 15.8 Å². The molecule has 0 atom stereocenters. The molecule has 0 heterocycles. The molecule has 0 spiro atoms. The predicted molar refractivity (Wildman–Crippen MR) is 83.9 cm³/mol. The Morgan fingerprint density at radius 1 is 1.25 bits per heavy atom. The Kier molecular flexibility index (Phi) is 7.47. The lowest BCUT2D eigenvalue weighted by molar-refractivity contribution is 0.590. The number of anilines is 1. The van der Waals surface area contributed by atoms with Crippen molar-refractivity contribution in [3.8, 4) is 0 Å². The summed E-state index contributed by atoms with van der Waals surface area (Å²) in [5, 5.41) is 3.22. The van der Waals surface area contributed by atoms with E-state index in [4.69, 9.17) is 0 Å². The first kappa shape index (κ1) is 17.4. The molecule has 0 aliphatic carbocycles. The van der Waals surface area contributed by atoms with Crippen LogP contribution in [0.5, 0.6) is 0 Å². The van der Waals surface area contributed by atoms with E-state index in [2.05, 4.69) is 32.9 Å². The standard InChI is InChI=1S/C13H20BrFN2O2S/c1-2-7-16-8-3-4-9-20(18,19)17-13-6-5-11(15)10-12(13)14/h5-6,10,16-17H,2-4,7-9H2,1H3. The van der Waals surface area contributed by atoms with E-state index in [1.54, 1.807) is 0 Å². The highest BCUT2D eigenvalue weighted by atomic mass is 79.9. The second kappa shape index (κ2) is 8.59. The maximum absolute atomic E-state index is 12.9. The minimum Gasteiger partial charge on any atom is -0.317 e. The van der Waals surface area contributed by atoms with Gasteiger partial charge < -0.3 is 5.32 Å². The minimum atomic E-state index is -3.39. The van der Waals surface area contributed by atoms with Crippen LogP contribution in [-0.4, -0.2) is 27.3 Å². The van der Waals surface area contributed by atoms with Crippen molar-refractivity contribution >= 4 is 31.6 Å². The minimum absolute atomic E-state index is 0.0601. The van der Waals surface area contributed by atoms with Crippen molar-refractivity contribution in [3.63, 3.8) is 0 Å². The zero-order chi connectivity index (χ0) is 15.0. The van der Waals surface area contributed by atoms with Crippen LogP contribution in [0.1, 0.15) is 26.2 Å². The summed E-state index contributed by atoms with van der Waals surface area (Å²) >= 11 is 3.13. The predicted octanol–water partition coefficient (Wildman–Crippen LogP) is 3.11. The van der Waals surface area contributed by atoms with Gasteiger partial charge in [0.15, 0.2) is 0 Å². The van der Waals surface area contributed by atoms with Crippen molar-refractivity contribution in [2.75, 3.05) is 23.6 Å². The molecule has 0 amide bonds. The average molecular weight is 367 g/mol. The van der Waals surface area contributed by atoms with E-state index in [-0.39, 0.29) is 5.75 Å². The Morgan fingerprint density at radius 2 is 2.00 bits per heavy atom. The highest BCUT2D eigenvalue weighted by Crippen LogP contribution is 2.24. The smallest absolute Gasteiger partial charge is 0.232 e. The lowest BCUT2D eigenvalue weighted by Gasteiger charge is -2.10. The molecule has 2 N–H and O–H groups in total. The number of hydrogen-bond acceptors (Lipinski definition) is 3. The summed E-state index contributed by atoms with van der Waals surface area (Å²) in [5.74, 6) is -0.355. The second-order valence-corrected chi connectivity index (χ2v) is 7.20. The molecule has 0 radical (unpaired) electrons. The average Bonchev–Trinajstić information content (AvgIpc) is 2.37. The van der Waals surface area contributed by atoms with Crippen LogP contribution in [0.3, 0.4) is 0 Å². The molecule has 4 nitrogen and oxygen atoms in total. The summed E-state index contributed by atoms with van der Waals surface area (Å²) in [7, 11) is -3.39. The molecule has 0 fully saturated rings. The summed E-state index contributed by atoms with van der Waals surface area (Å²) in [5.41, 5.74) is 0.357. The Morgan fingerprint density at radius 3 is 2.65 bits per heavy atom. The van der Waals surface area contributed by atoms with Gasteiger partial charge in [-0.2, -0.15) is 0 Å². The summed E-state index contributed by atoms with van der Waals surface area (Å²) in [6.07, 6.45) is 2.47. The second-order valence-electron chi connectivity index (χ2n) is 4.50. The molecule has 0 aromatic heterocycles. The maximum Gasteiger partial charge on any atom is 0.232 e. The van der Waals surface area contributed by atoms with Crippen LogP contribution >= 0.6 is 15.9 Å². The van der Waals surface area contributed by atoms with Gasteiger partial charge in [0.2, 0.25) is 10.0 Å². The van der Waals surface area contributed by atoms with Crippen LogP contribution in [0.2, 0.25) is 0 Å². The number of sulfonamides is 1. The monoisotopic (exact) mass is 366 g/mol. The van der Waals surface area contributed by atoms with Gasteiger partial charge in [-0.15, -0.1) is 0 Å². The van der Waals surface area contributed by atoms with Gasteiger partial charge in [0, 0.05) is 4.47 Å². The molecule has 1 aromatic rings. The summed E-state index contributed by atoms with van der Waals surface area (Å²) < 4.78 is 39.5. The van der Waals surface area contributed by atoms with Crippen LogP contribution < -0.4 is 10.0 Å². The number of unbranched alkanes of at least 4 members (excludes halogenated alkanes) is 1. The zero-order valence-corrected chi connectivity index (χ0v) is 13.9. The lowest BCUT2D eigenvalue weighted by atomic mass is 10.3. The third kappa shape index (κ3) is 6.67. The molecule has 114 valence electrons. The molecule has 0 saturated heterocycles. The Hall–Kier alpha value is -0.660. The molecule has 0 unspecified atom stereocenters. The van der Waals surface area contributed by atoms with Crippen LogP contribution in [0.4, 0.5) is 10.1 Å². The van der Waals surface area contributed by atoms with Crippen molar-refractivity contribution in [2.45, 2.75) is 26.2 Å². The van der Waals surface area contributed by atoms with Gasteiger partial charge in [-0.25, -0.2) is 12.8 Å². The summed E-state index contributed by atoms with van der Waals surface area (Å²) in [6.45, 7) is 3.86. The molecule has 20 heavy (non-hydrogen) atoms. The van der Waals surface area contributed by atoms with E-state index >= 15 is 0 Å². The van der Waals surface area contributed by atoms with E-state index in [0.29, 0.717) is 16.6 Å². The first-order valence-electron chi connectivity index (χ1n) is 6.61. The third-order valence-corrected chi connectivity index (χ3v) is 4.65. The lowest BCUT2D eigenvalue weighted by Crippen LogP contribution is -2.20. The topological polar surface area (TPSA) is 58.2 Å². The Labute approximate surface area is 128 Å². The highest BCUT2D eigenvalue weighted by molar-refractivity contribution is 9.10. The van der Waals surface area contributed by atoms with Crippen LogP contribution in [0.25, 0.3) is 0 Å². The van der Waals surface area contributed by atoms with Crippen molar-refractivity contribution in [3.05, 3.63) is 28.5 Å². The number of halogens is 2. The first-order chi connectivity index (χ1) is 9.44. The van der Waals surface area contributed by atoms with E-state index in [1.807, 2.05) is 0 Å². The molecule has 0 bridgehead atoms. The van der Waals surface area contributed by atoms with Crippen molar-refractivity contribution in [1.29, 1.82) is 0 Å². The zero-order valence-electron chi connectivity index (χ0n) is 11.5. The van der Waals surface area contributed by atoms with Crippen molar-refractivity contribution in [2.24, 2.45) is 0 Å². The first-order valence-corrected chi connectivity index (χ1v) is 9.05. The Balaban J connectivity index is 2.41. The molecule has 1 aromatic carbocycles. The van der Waals surface area contributed by atoms with Gasteiger partial charge in [0.25, 0.3) is 0 Å². The number of nitrogens with one attached hydrogen (secondary N) is 2. The molecule has 7 heteroatoms. The molecular weight excluding hydrogens is 347 g/mol. The van der Waals surface area contributed by atoms with Gasteiger partial charge >= 0.3 is 0 Å². The van der Waals surface area contributed by atoms with E-state index in [0.717, 1.165) is 25.9 Å². The van der Waals surface area contributed by atoms with Gasteiger partial charge in [0.05, 0.1) is 11.4 Å². The summed E-state index contributed by atoms with van der Waals surface area (Å²) in [6, 6.07) is 3.85.